The molecule has 0 saturated heterocycles. The zero-order valence-corrected chi connectivity index (χ0v) is 15.3. The first-order valence-corrected chi connectivity index (χ1v) is 8.62. The number of carbonyl (C=O) groups excluding carboxylic acids is 1. The molecule has 1 aliphatic rings. The molecule has 1 heterocycles. The van der Waals surface area contributed by atoms with E-state index < -0.39 is 4.92 Å². The van der Waals surface area contributed by atoms with E-state index >= 15 is 0 Å². The molecule has 2 aromatic rings. The Balaban J connectivity index is 1.75. The van der Waals surface area contributed by atoms with E-state index in [9.17, 15) is 14.9 Å². The molecule has 6 nitrogen and oxygen atoms in total. The van der Waals surface area contributed by atoms with Gasteiger partial charge in [0.15, 0.2) is 0 Å². The van der Waals surface area contributed by atoms with Crippen molar-refractivity contribution in [2.24, 2.45) is 0 Å². The highest BCUT2D eigenvalue weighted by atomic mass is 16.6. The fraction of sp³-hybridized carbons (Fsp3) is 0.350. The van der Waals surface area contributed by atoms with Crippen LogP contribution in [-0.4, -0.2) is 28.8 Å². The van der Waals surface area contributed by atoms with Crippen molar-refractivity contribution in [1.82, 2.24) is 4.90 Å². The average molecular weight is 353 g/mol. The summed E-state index contributed by atoms with van der Waals surface area (Å²) in [7, 11) is 0. The molecule has 0 spiro atoms. The predicted molar refractivity (Wildman–Crippen MR) is 101 cm³/mol. The number of fused-ring (bicyclic) bond motifs is 1. The maximum atomic E-state index is 12.6. The molecule has 0 atom stereocenters. The molecule has 1 N–H and O–H groups in total. The van der Waals surface area contributed by atoms with E-state index in [0.29, 0.717) is 12.1 Å². The number of aryl methyl sites for hydroxylation is 1. The lowest BCUT2D eigenvalue weighted by Crippen LogP contribution is -2.45. The third-order valence-corrected chi connectivity index (χ3v) is 4.84. The van der Waals surface area contributed by atoms with Gasteiger partial charge in [0, 0.05) is 24.6 Å². The summed E-state index contributed by atoms with van der Waals surface area (Å²) >= 11 is 0. The number of hydrogen-bond donors (Lipinski definition) is 1. The molecule has 0 bridgehead atoms. The summed E-state index contributed by atoms with van der Waals surface area (Å²) in [6.45, 7) is 7.74. The molecule has 0 fully saturated rings. The van der Waals surface area contributed by atoms with Crippen molar-refractivity contribution in [2.75, 3.05) is 18.4 Å². The summed E-state index contributed by atoms with van der Waals surface area (Å²) in [6, 6.07) is 13.1. The normalized spacial score (nSPS) is 16.0. The second-order valence-electron chi connectivity index (χ2n) is 7.46. The number of nitro benzene ring substituents is 1. The molecule has 6 heteroatoms. The van der Waals surface area contributed by atoms with Gasteiger partial charge >= 0.3 is 0 Å². The zero-order valence-electron chi connectivity index (χ0n) is 15.3. The van der Waals surface area contributed by atoms with Crippen LogP contribution in [0.4, 0.5) is 11.4 Å². The first-order chi connectivity index (χ1) is 12.3. The molecule has 0 radical (unpaired) electrons. The fourth-order valence-corrected chi connectivity index (χ4v) is 3.72. The molecule has 3 rings (SSSR count). The fourth-order valence-electron chi connectivity index (χ4n) is 3.72. The van der Waals surface area contributed by atoms with Crippen LogP contribution in [0.25, 0.3) is 0 Å². The van der Waals surface area contributed by atoms with E-state index in [0.717, 1.165) is 6.54 Å². The van der Waals surface area contributed by atoms with Gasteiger partial charge < -0.3 is 5.32 Å². The third-order valence-electron chi connectivity index (χ3n) is 4.84. The number of carbonyl (C=O) groups is 1. The van der Waals surface area contributed by atoms with Gasteiger partial charge in [-0.25, -0.2) is 0 Å². The number of amides is 1. The number of nitro groups is 1. The second kappa shape index (κ2) is 6.88. The van der Waals surface area contributed by atoms with Crippen molar-refractivity contribution >= 4 is 17.3 Å². The SMILES string of the molecule is Cc1cccc([N+](=O)[O-])c1NC(=O)CN1Cc2ccccc2C(C)(C)C1. The Labute approximate surface area is 153 Å². The van der Waals surface area contributed by atoms with Gasteiger partial charge in [-0.2, -0.15) is 0 Å². The highest BCUT2D eigenvalue weighted by Crippen LogP contribution is 2.33. The van der Waals surface area contributed by atoms with Crippen molar-refractivity contribution in [3.8, 4) is 0 Å². The lowest BCUT2D eigenvalue weighted by Gasteiger charge is -2.39. The second-order valence-corrected chi connectivity index (χ2v) is 7.46. The Morgan fingerprint density at radius 1 is 1.23 bits per heavy atom. The van der Waals surface area contributed by atoms with Crippen LogP contribution in [0, 0.1) is 17.0 Å². The minimum absolute atomic E-state index is 0.0518. The largest absolute Gasteiger partial charge is 0.319 e. The standard InChI is InChI=1S/C20H23N3O3/c1-14-7-6-10-17(23(25)26)19(14)21-18(24)12-22-11-15-8-4-5-9-16(15)20(2,3)13-22/h4-10H,11-13H2,1-3H3,(H,21,24). The van der Waals surface area contributed by atoms with Crippen molar-refractivity contribution in [2.45, 2.75) is 32.7 Å². The van der Waals surface area contributed by atoms with Crippen molar-refractivity contribution in [3.63, 3.8) is 0 Å². The summed E-state index contributed by atoms with van der Waals surface area (Å²) in [5.74, 6) is -0.238. The van der Waals surface area contributed by atoms with Crippen LogP contribution in [0.1, 0.15) is 30.5 Å². The number of anilines is 1. The van der Waals surface area contributed by atoms with Crippen LogP contribution in [-0.2, 0) is 16.8 Å². The summed E-state index contributed by atoms with van der Waals surface area (Å²) in [4.78, 5) is 25.4. The van der Waals surface area contributed by atoms with Crippen LogP contribution >= 0.6 is 0 Å². The Bertz CT molecular complexity index is 861. The van der Waals surface area contributed by atoms with E-state index in [1.807, 2.05) is 12.1 Å². The number of benzene rings is 2. The number of nitrogens with zero attached hydrogens (tertiary/aromatic N) is 2. The van der Waals surface area contributed by atoms with Gasteiger partial charge in [0.25, 0.3) is 5.69 Å². The summed E-state index contributed by atoms with van der Waals surface area (Å²) < 4.78 is 0. The van der Waals surface area contributed by atoms with E-state index in [2.05, 4.69) is 36.2 Å². The molecular formula is C20H23N3O3. The van der Waals surface area contributed by atoms with Gasteiger partial charge in [-0.3, -0.25) is 19.8 Å². The van der Waals surface area contributed by atoms with Crippen LogP contribution in [0.3, 0.4) is 0 Å². The minimum atomic E-state index is -0.469. The van der Waals surface area contributed by atoms with Crippen LogP contribution in [0.2, 0.25) is 0 Å². The van der Waals surface area contributed by atoms with Crippen LogP contribution in [0.15, 0.2) is 42.5 Å². The molecule has 0 saturated carbocycles. The van der Waals surface area contributed by atoms with Crippen molar-refractivity contribution in [1.29, 1.82) is 0 Å². The molecule has 0 unspecified atom stereocenters. The Morgan fingerprint density at radius 3 is 2.69 bits per heavy atom. The zero-order chi connectivity index (χ0) is 18.9. The average Bonchev–Trinajstić information content (AvgIpc) is 2.56. The molecule has 136 valence electrons. The topological polar surface area (TPSA) is 75.5 Å². The lowest BCUT2D eigenvalue weighted by molar-refractivity contribution is -0.384. The Hall–Kier alpha value is -2.73. The van der Waals surface area contributed by atoms with E-state index in [4.69, 9.17) is 0 Å². The Morgan fingerprint density at radius 2 is 1.96 bits per heavy atom. The van der Waals surface area contributed by atoms with Crippen LogP contribution in [0.5, 0.6) is 0 Å². The van der Waals surface area contributed by atoms with Gasteiger partial charge in [0.05, 0.1) is 11.5 Å². The monoisotopic (exact) mass is 353 g/mol. The molecule has 0 aliphatic carbocycles. The van der Waals surface area contributed by atoms with Gasteiger partial charge in [0.1, 0.15) is 5.69 Å². The van der Waals surface area contributed by atoms with Gasteiger partial charge in [-0.15, -0.1) is 0 Å². The van der Waals surface area contributed by atoms with Gasteiger partial charge in [0.2, 0.25) is 5.91 Å². The molecular weight excluding hydrogens is 330 g/mol. The summed E-state index contributed by atoms with van der Waals surface area (Å²) in [5, 5.41) is 13.9. The highest BCUT2D eigenvalue weighted by Gasteiger charge is 2.32. The third kappa shape index (κ3) is 3.60. The molecule has 2 aromatic carbocycles. The first kappa shape index (κ1) is 18.1. The molecule has 1 aliphatic heterocycles. The maximum Gasteiger partial charge on any atom is 0.293 e. The highest BCUT2D eigenvalue weighted by molar-refractivity contribution is 5.95. The van der Waals surface area contributed by atoms with E-state index in [1.54, 1.807) is 19.1 Å². The quantitative estimate of drug-likeness (QED) is 0.673. The van der Waals surface area contributed by atoms with E-state index in [1.165, 1.54) is 17.2 Å². The smallest absolute Gasteiger partial charge is 0.293 e. The maximum absolute atomic E-state index is 12.6. The van der Waals surface area contributed by atoms with Crippen molar-refractivity contribution < 1.29 is 9.72 Å². The van der Waals surface area contributed by atoms with Gasteiger partial charge in [-0.05, 0) is 23.6 Å². The number of nitrogens with one attached hydrogen (secondary N) is 1. The summed E-state index contributed by atoms with van der Waals surface area (Å²) in [6.07, 6.45) is 0. The van der Waals surface area contributed by atoms with Gasteiger partial charge in [-0.1, -0.05) is 50.2 Å². The number of rotatable bonds is 4. The molecule has 26 heavy (non-hydrogen) atoms. The minimum Gasteiger partial charge on any atom is -0.319 e. The first-order valence-electron chi connectivity index (χ1n) is 8.62. The van der Waals surface area contributed by atoms with Crippen molar-refractivity contribution in [3.05, 3.63) is 69.3 Å². The summed E-state index contributed by atoms with van der Waals surface area (Å²) in [5.41, 5.74) is 3.35. The molecule has 0 aromatic heterocycles. The molecule has 1 amide bonds. The van der Waals surface area contributed by atoms with Crippen LogP contribution < -0.4 is 5.32 Å². The Kier molecular flexibility index (Phi) is 4.78. The van der Waals surface area contributed by atoms with E-state index in [-0.39, 0.29) is 29.2 Å². The predicted octanol–water partition coefficient (Wildman–Crippen LogP) is 3.64. The number of hydrogen-bond acceptors (Lipinski definition) is 4. The lowest BCUT2D eigenvalue weighted by atomic mass is 9.78. The number of para-hydroxylation sites is 1.